The molecular weight excluding hydrogens is 362 g/mol. The first-order valence-electron chi connectivity index (χ1n) is 8.81. The van der Waals surface area contributed by atoms with Crippen molar-refractivity contribution in [1.29, 1.82) is 0 Å². The van der Waals surface area contributed by atoms with Crippen molar-refractivity contribution in [3.05, 3.63) is 47.5 Å². The zero-order chi connectivity index (χ0) is 18.8. The molecule has 1 fully saturated rings. The second-order valence-corrected chi connectivity index (χ2v) is 7.34. The van der Waals surface area contributed by atoms with E-state index >= 15 is 0 Å². The van der Waals surface area contributed by atoms with Gasteiger partial charge in [0.25, 0.3) is 5.91 Å². The van der Waals surface area contributed by atoms with Crippen molar-refractivity contribution in [2.24, 2.45) is 0 Å². The minimum Gasteiger partial charge on any atom is -0.496 e. The molecule has 0 spiro atoms. The number of hydrogen-bond donors (Lipinski definition) is 0. The molecule has 1 saturated heterocycles. The highest BCUT2D eigenvalue weighted by Crippen LogP contribution is 2.39. The number of carbonyl (C=O) groups excluding carboxylic acids is 1. The number of anilines is 1. The Bertz CT molecular complexity index is 909. The third-order valence-corrected chi connectivity index (χ3v) is 5.94. The number of methoxy groups -OCH3 is 2. The number of amides is 1. The quantitative estimate of drug-likeness (QED) is 0.692. The summed E-state index contributed by atoms with van der Waals surface area (Å²) in [4.78, 5) is 22.2. The lowest BCUT2D eigenvalue weighted by molar-refractivity contribution is 0.0751. The van der Waals surface area contributed by atoms with Crippen LogP contribution in [0.15, 0.2) is 42.6 Å². The van der Waals surface area contributed by atoms with Crippen molar-refractivity contribution in [2.45, 2.75) is 0 Å². The van der Waals surface area contributed by atoms with Crippen LogP contribution >= 0.6 is 11.3 Å². The Balaban J connectivity index is 1.53. The molecule has 1 aliphatic heterocycles. The highest BCUT2D eigenvalue weighted by atomic mass is 32.1. The van der Waals surface area contributed by atoms with Crippen molar-refractivity contribution in [3.63, 3.8) is 0 Å². The second-order valence-electron chi connectivity index (χ2n) is 6.29. The standard InChI is InChI=1S/C20H21N3O3S/c1-25-15-6-7-16(26-2)19-14(15)13-17(27-19)20(24)23-11-9-22(10-12-23)18-5-3-4-8-21-18/h3-8,13H,9-12H2,1-2H3. The Labute approximate surface area is 161 Å². The van der Waals surface area contributed by atoms with Gasteiger partial charge in [0.2, 0.25) is 0 Å². The number of ether oxygens (including phenoxy) is 2. The molecule has 0 N–H and O–H groups in total. The summed E-state index contributed by atoms with van der Waals surface area (Å²) >= 11 is 1.45. The van der Waals surface area contributed by atoms with E-state index in [-0.39, 0.29) is 5.91 Å². The summed E-state index contributed by atoms with van der Waals surface area (Å²) in [6.07, 6.45) is 1.80. The zero-order valence-corrected chi connectivity index (χ0v) is 16.2. The van der Waals surface area contributed by atoms with Crippen LogP contribution in [0.2, 0.25) is 0 Å². The smallest absolute Gasteiger partial charge is 0.264 e. The molecule has 2 aromatic heterocycles. The molecule has 27 heavy (non-hydrogen) atoms. The molecule has 7 heteroatoms. The molecular formula is C20H21N3O3S. The van der Waals surface area contributed by atoms with E-state index in [1.165, 1.54) is 11.3 Å². The van der Waals surface area contributed by atoms with Gasteiger partial charge in [-0.05, 0) is 30.3 Å². The average Bonchev–Trinajstić information content (AvgIpc) is 3.19. The van der Waals surface area contributed by atoms with Gasteiger partial charge in [0, 0.05) is 37.8 Å². The van der Waals surface area contributed by atoms with E-state index in [0.717, 1.165) is 40.5 Å². The largest absolute Gasteiger partial charge is 0.496 e. The van der Waals surface area contributed by atoms with Gasteiger partial charge in [0.1, 0.15) is 17.3 Å². The van der Waals surface area contributed by atoms with Crippen LogP contribution in [0.4, 0.5) is 5.82 Å². The number of hydrogen-bond acceptors (Lipinski definition) is 6. The lowest BCUT2D eigenvalue weighted by Gasteiger charge is -2.35. The average molecular weight is 383 g/mol. The first kappa shape index (κ1) is 17.6. The Morgan fingerprint density at radius 3 is 2.44 bits per heavy atom. The van der Waals surface area contributed by atoms with Gasteiger partial charge in [-0.25, -0.2) is 4.98 Å². The number of aromatic nitrogens is 1. The number of carbonyl (C=O) groups is 1. The van der Waals surface area contributed by atoms with Crippen LogP contribution in [-0.2, 0) is 0 Å². The fraction of sp³-hybridized carbons (Fsp3) is 0.300. The van der Waals surface area contributed by atoms with E-state index in [0.29, 0.717) is 18.0 Å². The van der Waals surface area contributed by atoms with Crippen molar-refractivity contribution >= 4 is 33.1 Å². The highest BCUT2D eigenvalue weighted by Gasteiger charge is 2.25. The predicted octanol–water partition coefficient (Wildman–Crippen LogP) is 3.28. The summed E-state index contributed by atoms with van der Waals surface area (Å²) in [7, 11) is 3.27. The van der Waals surface area contributed by atoms with Crippen LogP contribution in [-0.4, -0.2) is 56.2 Å². The van der Waals surface area contributed by atoms with Crippen LogP contribution in [0.3, 0.4) is 0 Å². The SMILES string of the molecule is COc1ccc(OC)c2sc(C(=O)N3CCN(c4ccccn4)CC3)cc12. The number of nitrogens with zero attached hydrogens (tertiary/aromatic N) is 3. The van der Waals surface area contributed by atoms with Gasteiger partial charge in [0.15, 0.2) is 0 Å². The normalized spacial score (nSPS) is 14.4. The van der Waals surface area contributed by atoms with Crippen LogP contribution in [0.1, 0.15) is 9.67 Å². The summed E-state index contributed by atoms with van der Waals surface area (Å²) < 4.78 is 11.8. The first-order valence-corrected chi connectivity index (χ1v) is 9.62. The number of pyridine rings is 1. The van der Waals surface area contributed by atoms with Gasteiger partial charge in [-0.3, -0.25) is 4.79 Å². The third-order valence-electron chi connectivity index (χ3n) is 4.80. The maximum Gasteiger partial charge on any atom is 0.264 e. The topological polar surface area (TPSA) is 54.9 Å². The van der Waals surface area contributed by atoms with Gasteiger partial charge in [-0.2, -0.15) is 0 Å². The Morgan fingerprint density at radius 1 is 1.04 bits per heavy atom. The van der Waals surface area contributed by atoms with Crippen LogP contribution in [0.5, 0.6) is 11.5 Å². The molecule has 6 nitrogen and oxygen atoms in total. The van der Waals surface area contributed by atoms with Gasteiger partial charge in [-0.15, -0.1) is 11.3 Å². The molecule has 0 saturated carbocycles. The van der Waals surface area contributed by atoms with Crippen LogP contribution < -0.4 is 14.4 Å². The van der Waals surface area contributed by atoms with E-state index in [2.05, 4.69) is 9.88 Å². The maximum atomic E-state index is 13.0. The summed E-state index contributed by atoms with van der Waals surface area (Å²) in [5.74, 6) is 2.53. The monoisotopic (exact) mass is 383 g/mol. The fourth-order valence-corrected chi connectivity index (χ4v) is 4.49. The first-order chi connectivity index (χ1) is 13.2. The van der Waals surface area contributed by atoms with Gasteiger partial charge >= 0.3 is 0 Å². The van der Waals surface area contributed by atoms with Crippen molar-refractivity contribution in [1.82, 2.24) is 9.88 Å². The number of piperazine rings is 1. The van der Waals surface area contributed by atoms with Gasteiger partial charge in [0.05, 0.1) is 23.8 Å². The molecule has 1 aliphatic rings. The Morgan fingerprint density at radius 2 is 1.78 bits per heavy atom. The molecule has 0 radical (unpaired) electrons. The molecule has 0 bridgehead atoms. The molecule has 0 unspecified atom stereocenters. The number of thiophene rings is 1. The lowest BCUT2D eigenvalue weighted by atomic mass is 10.2. The number of benzene rings is 1. The maximum absolute atomic E-state index is 13.0. The molecule has 3 aromatic rings. The summed E-state index contributed by atoms with van der Waals surface area (Å²) in [6, 6.07) is 11.5. The predicted molar refractivity (Wildman–Crippen MR) is 107 cm³/mol. The summed E-state index contributed by atoms with van der Waals surface area (Å²) in [6.45, 7) is 2.91. The Kier molecular flexibility index (Phi) is 4.85. The number of rotatable bonds is 4. The summed E-state index contributed by atoms with van der Waals surface area (Å²) in [5.41, 5.74) is 0. The van der Waals surface area contributed by atoms with Crippen molar-refractivity contribution in [2.75, 3.05) is 45.3 Å². The number of fused-ring (bicyclic) bond motifs is 1. The molecule has 3 heterocycles. The second kappa shape index (κ2) is 7.44. The van der Waals surface area contributed by atoms with Crippen LogP contribution in [0, 0.1) is 0 Å². The van der Waals surface area contributed by atoms with Gasteiger partial charge < -0.3 is 19.3 Å². The molecule has 0 aliphatic carbocycles. The minimum atomic E-state index is 0.0565. The van der Waals surface area contributed by atoms with E-state index in [1.807, 2.05) is 41.3 Å². The fourth-order valence-electron chi connectivity index (χ4n) is 3.35. The summed E-state index contributed by atoms with van der Waals surface area (Å²) in [5, 5.41) is 0.914. The van der Waals surface area contributed by atoms with Crippen molar-refractivity contribution < 1.29 is 14.3 Å². The van der Waals surface area contributed by atoms with E-state index in [4.69, 9.17) is 9.47 Å². The van der Waals surface area contributed by atoms with E-state index in [9.17, 15) is 4.79 Å². The molecule has 1 amide bonds. The molecule has 4 rings (SSSR count). The Hall–Kier alpha value is -2.80. The molecule has 0 atom stereocenters. The van der Waals surface area contributed by atoms with Gasteiger partial charge in [-0.1, -0.05) is 6.07 Å². The highest BCUT2D eigenvalue weighted by molar-refractivity contribution is 7.21. The van der Waals surface area contributed by atoms with Crippen molar-refractivity contribution in [3.8, 4) is 11.5 Å². The third kappa shape index (κ3) is 3.30. The minimum absolute atomic E-state index is 0.0565. The zero-order valence-electron chi connectivity index (χ0n) is 15.3. The lowest BCUT2D eigenvalue weighted by Crippen LogP contribution is -2.48. The van der Waals surface area contributed by atoms with E-state index in [1.54, 1.807) is 20.4 Å². The molecule has 140 valence electrons. The van der Waals surface area contributed by atoms with Crippen LogP contribution in [0.25, 0.3) is 10.1 Å². The van der Waals surface area contributed by atoms with E-state index < -0.39 is 0 Å². The molecule has 1 aromatic carbocycles.